The fraction of sp³-hybridized carbons (Fsp3) is 0.457. The molecule has 5 aromatic carbocycles. The average molecular weight is 1410 g/mol. The molecule has 2 atom stereocenters. The summed E-state index contributed by atoms with van der Waals surface area (Å²) in [6, 6.07) is 29.5. The number of halogens is 4. The number of allylic oxidation sites excluding steroid dienone is 1. The van der Waals surface area contributed by atoms with Gasteiger partial charge in [-0.2, -0.15) is 13.2 Å². The molecule has 5 heterocycles. The summed E-state index contributed by atoms with van der Waals surface area (Å²) in [5.41, 5.74) is -0.593. The number of sulfonamides is 1. The topological polar surface area (TPSA) is 244 Å². The summed E-state index contributed by atoms with van der Waals surface area (Å²) in [5, 5.41) is 9.20. The van der Waals surface area contributed by atoms with Crippen LogP contribution < -0.4 is 25.6 Å². The summed E-state index contributed by atoms with van der Waals surface area (Å²) in [4.78, 5) is 86.5. The Bertz CT molecular complexity index is 3980. The molecule has 6 aliphatic rings. The number of hydrogen-bond acceptors (Lipinski definition) is 17. The first kappa shape index (κ1) is 71.0. The number of ether oxygens (including phenoxy) is 1. The number of carbonyl (C=O) groups excluding carboxylic acids is 6. The normalized spacial score (nSPS) is 19.0. The molecule has 5 aromatic rings. The fourth-order valence-corrected chi connectivity index (χ4v) is 17.0. The van der Waals surface area contributed by atoms with Crippen molar-refractivity contribution in [3.05, 3.63) is 148 Å². The number of benzene rings is 5. The van der Waals surface area contributed by atoms with Gasteiger partial charge in [-0.3, -0.25) is 48.8 Å². The number of nitrogens with one attached hydrogen (secondary N) is 4. The zero-order chi connectivity index (χ0) is 68.5. The lowest BCUT2D eigenvalue weighted by Gasteiger charge is -2.53. The number of carbonyl (C=O) groups is 6. The van der Waals surface area contributed by atoms with E-state index in [1.54, 1.807) is 30.3 Å². The molecule has 4 saturated heterocycles. The van der Waals surface area contributed by atoms with Gasteiger partial charge in [0.05, 0.1) is 34.9 Å². The first-order valence-electron chi connectivity index (χ1n) is 33.2. The van der Waals surface area contributed by atoms with E-state index in [0.717, 1.165) is 130 Å². The third kappa shape index (κ3) is 17.2. The third-order valence-corrected chi connectivity index (χ3v) is 23.5. The Labute approximate surface area is 573 Å². The molecule has 27 heteroatoms. The first-order chi connectivity index (χ1) is 46.5. The van der Waals surface area contributed by atoms with Crippen LogP contribution in [0.25, 0.3) is 5.57 Å². The van der Waals surface area contributed by atoms with Crippen LogP contribution in [0.15, 0.2) is 136 Å². The number of fused-ring (bicyclic) bond motifs is 1. The number of anilines is 3. The number of piperazine rings is 1. The lowest BCUT2D eigenvalue weighted by atomic mass is 9.65. The zero-order valence-corrected chi connectivity index (χ0v) is 57.1. The van der Waals surface area contributed by atoms with Crippen LogP contribution in [0.1, 0.15) is 127 Å². The highest BCUT2D eigenvalue weighted by Gasteiger charge is 2.50. The molecule has 0 radical (unpaired) electrons. The van der Waals surface area contributed by atoms with Gasteiger partial charge in [0, 0.05) is 129 Å². The van der Waals surface area contributed by atoms with Crippen molar-refractivity contribution in [2.24, 2.45) is 5.41 Å². The summed E-state index contributed by atoms with van der Waals surface area (Å²) in [6.07, 6.45) is 10.5. The van der Waals surface area contributed by atoms with Gasteiger partial charge in [-0.25, -0.2) is 21.6 Å². The monoisotopic (exact) mass is 1410 g/mol. The molecule has 0 saturated carbocycles. The van der Waals surface area contributed by atoms with Crippen LogP contribution >= 0.6 is 23.4 Å². The number of rotatable bonds is 28. The quantitative estimate of drug-likeness (QED) is 0.0207. The van der Waals surface area contributed by atoms with Gasteiger partial charge in [0.1, 0.15) is 10.9 Å². The number of thioether (sulfide) groups is 1. The van der Waals surface area contributed by atoms with Crippen molar-refractivity contribution < 1.29 is 63.5 Å². The van der Waals surface area contributed by atoms with E-state index in [2.05, 4.69) is 42.8 Å². The Morgan fingerprint density at radius 3 is 2.15 bits per heavy atom. The Morgan fingerprint density at radius 2 is 1.45 bits per heavy atom. The van der Waals surface area contributed by atoms with E-state index in [0.29, 0.717) is 87.9 Å². The summed E-state index contributed by atoms with van der Waals surface area (Å²) >= 11 is 7.78. The molecule has 0 bridgehead atoms. The maximum Gasteiger partial charge on any atom is 0.501 e. The van der Waals surface area contributed by atoms with Gasteiger partial charge in [0.25, 0.3) is 37.6 Å². The van der Waals surface area contributed by atoms with Gasteiger partial charge in [0.15, 0.2) is 0 Å². The largest absolute Gasteiger partial charge is 0.501 e. The second-order valence-electron chi connectivity index (χ2n) is 25.9. The van der Waals surface area contributed by atoms with Gasteiger partial charge in [-0.1, -0.05) is 85.7 Å². The molecule has 4 N–H and O–H groups in total. The highest BCUT2D eigenvalue weighted by atomic mass is 35.5. The van der Waals surface area contributed by atoms with Crippen LogP contribution in [0.4, 0.5) is 30.2 Å². The number of unbranched alkanes of at least 4 members (excludes halogenated alkanes) is 6. The Balaban J connectivity index is 0.629. The van der Waals surface area contributed by atoms with E-state index in [4.69, 9.17) is 16.3 Å². The minimum absolute atomic E-state index is 0.00296. The van der Waals surface area contributed by atoms with Gasteiger partial charge in [-0.05, 0) is 135 Å². The summed E-state index contributed by atoms with van der Waals surface area (Å²) in [7, 11) is -11.0. The molecule has 1 aliphatic carbocycles. The minimum Gasteiger partial charge on any atom is -0.384 e. The third-order valence-electron chi connectivity index (χ3n) is 19.2. The van der Waals surface area contributed by atoms with Crippen LogP contribution in [0.5, 0.6) is 0 Å². The number of likely N-dealkylation sites (tertiary alicyclic amines) is 1. The molecule has 0 aromatic heterocycles. The number of morpholine rings is 1. The predicted octanol–water partition coefficient (Wildman–Crippen LogP) is 10.3. The lowest BCUT2D eigenvalue weighted by molar-refractivity contribution is -0.144. The second-order valence-corrected chi connectivity index (χ2v) is 31.0. The van der Waals surface area contributed by atoms with Crippen LogP contribution in [-0.4, -0.2) is 180 Å². The molecular formula is C70H81ClF3N9O11S3. The molecule has 97 heavy (non-hydrogen) atoms. The van der Waals surface area contributed by atoms with Gasteiger partial charge < -0.3 is 25.2 Å². The number of sulfone groups is 1. The smallest absolute Gasteiger partial charge is 0.384 e. The number of imide groups is 2. The van der Waals surface area contributed by atoms with E-state index in [9.17, 15) is 58.8 Å². The maximum atomic E-state index is 14.3. The van der Waals surface area contributed by atoms with Crippen LogP contribution in [-0.2, 0) is 39.0 Å². The predicted molar refractivity (Wildman–Crippen MR) is 366 cm³/mol. The van der Waals surface area contributed by atoms with Crippen molar-refractivity contribution in [1.29, 1.82) is 0 Å². The zero-order valence-electron chi connectivity index (χ0n) is 53.9. The van der Waals surface area contributed by atoms with Crippen molar-refractivity contribution >= 4 is 101 Å². The molecular weight excluding hydrogens is 1330 g/mol. The second kappa shape index (κ2) is 31.3. The van der Waals surface area contributed by atoms with Gasteiger partial charge in [-0.15, -0.1) is 11.8 Å². The lowest BCUT2D eigenvalue weighted by Crippen LogP contribution is -2.59. The molecule has 11 rings (SSSR count). The Hall–Kier alpha value is -7.33. The molecule has 6 amide bonds. The minimum atomic E-state index is -6.10. The van der Waals surface area contributed by atoms with E-state index < -0.39 is 82.5 Å². The van der Waals surface area contributed by atoms with Crippen LogP contribution in [0, 0.1) is 5.41 Å². The summed E-state index contributed by atoms with van der Waals surface area (Å²) < 4.78 is 104. The van der Waals surface area contributed by atoms with Crippen LogP contribution in [0.2, 0.25) is 5.02 Å². The number of nitrogens with zero attached hydrogens (tertiary/aromatic N) is 5. The van der Waals surface area contributed by atoms with Crippen molar-refractivity contribution in [3.63, 3.8) is 0 Å². The molecule has 518 valence electrons. The highest BCUT2D eigenvalue weighted by molar-refractivity contribution is 7.99. The standard InChI is InChI=1S/C70H81ClF3N9O11S3/c71-51-21-17-48(18-22-51)56-29-31-69(46-82(47-69)63(85)16-9-4-2-1-3-5-10-32-75-59-15-11-14-57-64(59)68(89)83(67(57)88)60-27-28-62(84)77-66(60)87)43-50(56)44-80-34-36-81(37-35-80)53-23-19-49(20-24-53)65(86)78-97(92,93)55-25-26-58(61(42-55)96(90,91)70(72,73)74)76-52(30-33-79-38-40-94-41-39-79)45-95-54-12-7-6-8-13-54/h6-8,11-15,17-26,42,52,60,75-76H,1-5,9-10,16,27-41,43-47H2,(H,78,86)(H,77,84,87)/t52-,60?/m1/s1. The van der Waals surface area contributed by atoms with Crippen molar-refractivity contribution in [1.82, 2.24) is 29.6 Å². The number of hydrogen-bond donors (Lipinski definition) is 4. The highest BCUT2D eigenvalue weighted by Crippen LogP contribution is 2.49. The van der Waals surface area contributed by atoms with Crippen molar-refractivity contribution in [2.45, 2.75) is 122 Å². The van der Waals surface area contributed by atoms with Gasteiger partial charge >= 0.3 is 5.51 Å². The maximum absolute atomic E-state index is 14.3. The molecule has 1 spiro atoms. The fourth-order valence-electron chi connectivity index (χ4n) is 13.8. The molecule has 20 nitrogen and oxygen atoms in total. The number of amides is 6. The Morgan fingerprint density at radius 1 is 0.753 bits per heavy atom. The van der Waals surface area contributed by atoms with E-state index in [-0.39, 0.29) is 40.9 Å². The molecule has 4 fully saturated rings. The summed E-state index contributed by atoms with van der Waals surface area (Å²) in [5.74, 6) is -2.66. The summed E-state index contributed by atoms with van der Waals surface area (Å²) in [6.45, 7) is 8.50. The van der Waals surface area contributed by atoms with Crippen molar-refractivity contribution in [3.8, 4) is 0 Å². The number of alkyl halides is 3. The van der Waals surface area contributed by atoms with E-state index >= 15 is 0 Å². The SMILES string of the molecule is O=C1CCC(N2C(=O)c3cccc(NCCCCCCCCCC(=O)N4CC5(CCC(c6ccc(Cl)cc6)=C(CN6CCN(c7ccc(C(=O)NS(=O)(=O)c8ccc(N[C@H](CCN9CCOCC9)CSc9ccccc9)c(S(=O)(=O)C(F)(F)F)c8)cc7)CC6)C5)C4)c3C2=O)C(=O)N1. The Kier molecular flexibility index (Phi) is 22.9. The van der Waals surface area contributed by atoms with Crippen LogP contribution in [0.3, 0.4) is 0 Å². The van der Waals surface area contributed by atoms with E-state index in [1.807, 2.05) is 52.1 Å². The number of piperidine rings is 1. The average Bonchev–Trinajstić information content (AvgIpc) is 1.64. The van der Waals surface area contributed by atoms with Crippen molar-refractivity contribution in [2.75, 3.05) is 106 Å². The first-order valence-corrected chi connectivity index (χ1v) is 37.6. The van der Waals surface area contributed by atoms with E-state index in [1.165, 1.54) is 35.0 Å². The molecule has 5 aliphatic heterocycles. The van der Waals surface area contributed by atoms with Gasteiger partial charge in [0.2, 0.25) is 17.7 Å². The molecule has 1 unspecified atom stereocenters.